The molecule has 0 radical (unpaired) electrons. The highest BCUT2D eigenvalue weighted by Gasteiger charge is 2.31. The van der Waals surface area contributed by atoms with E-state index in [1.807, 2.05) is 32.5 Å². The monoisotopic (exact) mass is 562 g/mol. The normalized spacial score (nSPS) is 21.0. The van der Waals surface area contributed by atoms with Gasteiger partial charge in [0.2, 0.25) is 5.91 Å². The predicted octanol–water partition coefficient (Wildman–Crippen LogP) is 2.61. The van der Waals surface area contributed by atoms with Crippen molar-refractivity contribution in [2.75, 3.05) is 60.4 Å². The fourth-order valence-corrected chi connectivity index (χ4v) is 5.38. The summed E-state index contributed by atoms with van der Waals surface area (Å²) < 4.78 is 0. The Morgan fingerprint density at radius 3 is 2.68 bits per heavy atom. The quantitative estimate of drug-likeness (QED) is 0.210. The van der Waals surface area contributed by atoms with Gasteiger partial charge in [0.15, 0.2) is 5.96 Å². The molecule has 3 rings (SSSR count). The third-order valence-corrected chi connectivity index (χ3v) is 7.12. The SMILES string of the molecule is CN=C(NCCCN1CCCC1C(=O)N(C)C)NCC(c1cccs1)N1CCCC1.I. The molecule has 0 spiro atoms. The topological polar surface area (TPSA) is 63.2 Å². The number of carbonyl (C=O) groups is 1. The Labute approximate surface area is 208 Å². The lowest BCUT2D eigenvalue weighted by molar-refractivity contribution is -0.133. The number of amides is 1. The van der Waals surface area contributed by atoms with E-state index < -0.39 is 0 Å². The van der Waals surface area contributed by atoms with E-state index in [-0.39, 0.29) is 35.9 Å². The first-order chi connectivity index (χ1) is 14.6. The first-order valence-corrected chi connectivity index (χ1v) is 12.2. The van der Waals surface area contributed by atoms with Crippen LogP contribution in [0.2, 0.25) is 0 Å². The lowest BCUT2D eigenvalue weighted by Crippen LogP contribution is -2.45. The molecule has 0 saturated carbocycles. The van der Waals surface area contributed by atoms with Crippen LogP contribution in [0.25, 0.3) is 0 Å². The van der Waals surface area contributed by atoms with E-state index in [0.29, 0.717) is 6.04 Å². The number of hydrogen-bond donors (Lipinski definition) is 2. The summed E-state index contributed by atoms with van der Waals surface area (Å²) in [5.41, 5.74) is 0. The van der Waals surface area contributed by atoms with Crippen LogP contribution in [0, 0.1) is 0 Å². The molecule has 2 unspecified atom stereocenters. The second-order valence-electron chi connectivity index (χ2n) is 8.43. The van der Waals surface area contributed by atoms with Crippen LogP contribution in [-0.4, -0.2) is 93.0 Å². The van der Waals surface area contributed by atoms with Gasteiger partial charge in [-0.05, 0) is 63.2 Å². The number of halogens is 1. The van der Waals surface area contributed by atoms with Gasteiger partial charge in [-0.15, -0.1) is 35.3 Å². The van der Waals surface area contributed by atoms with Gasteiger partial charge < -0.3 is 15.5 Å². The van der Waals surface area contributed by atoms with E-state index >= 15 is 0 Å². The molecule has 31 heavy (non-hydrogen) atoms. The van der Waals surface area contributed by atoms with Gasteiger partial charge in [-0.3, -0.25) is 19.6 Å². The molecule has 2 atom stereocenters. The van der Waals surface area contributed by atoms with E-state index in [2.05, 4.69) is 42.9 Å². The first-order valence-electron chi connectivity index (χ1n) is 11.3. The number of guanidine groups is 1. The minimum absolute atomic E-state index is 0. The number of nitrogens with one attached hydrogen (secondary N) is 2. The summed E-state index contributed by atoms with van der Waals surface area (Å²) in [6.45, 7) is 6.05. The zero-order chi connectivity index (χ0) is 21.3. The van der Waals surface area contributed by atoms with Gasteiger partial charge in [0, 0.05) is 45.7 Å². The Balaban J connectivity index is 0.00000341. The van der Waals surface area contributed by atoms with Gasteiger partial charge in [-0.25, -0.2) is 0 Å². The summed E-state index contributed by atoms with van der Waals surface area (Å²) in [5.74, 6) is 1.09. The van der Waals surface area contributed by atoms with Crippen molar-refractivity contribution in [3.63, 3.8) is 0 Å². The van der Waals surface area contributed by atoms with Crippen LogP contribution in [0.3, 0.4) is 0 Å². The van der Waals surface area contributed by atoms with Gasteiger partial charge in [0.25, 0.3) is 0 Å². The number of carbonyl (C=O) groups excluding carboxylic acids is 1. The molecule has 2 saturated heterocycles. The number of rotatable bonds is 9. The Morgan fingerprint density at radius 2 is 2.03 bits per heavy atom. The van der Waals surface area contributed by atoms with Crippen LogP contribution in [0.1, 0.15) is 43.0 Å². The highest BCUT2D eigenvalue weighted by Crippen LogP contribution is 2.27. The Morgan fingerprint density at radius 1 is 1.26 bits per heavy atom. The standard InChI is InChI=1S/C22H38N6OS.HI/c1-23-22(24-11-8-15-27-14-6-9-18(27)21(29)26(2)3)25-17-19(20-10-7-16-30-20)28-12-4-5-13-28;/h7,10,16,18-19H,4-6,8-9,11-15,17H2,1-3H3,(H2,23,24,25);1H. The maximum Gasteiger partial charge on any atom is 0.239 e. The summed E-state index contributed by atoms with van der Waals surface area (Å²) in [6, 6.07) is 4.86. The molecule has 0 aromatic carbocycles. The molecule has 9 heteroatoms. The van der Waals surface area contributed by atoms with E-state index in [4.69, 9.17) is 0 Å². The molecule has 3 heterocycles. The van der Waals surface area contributed by atoms with Crippen molar-refractivity contribution in [2.24, 2.45) is 4.99 Å². The third kappa shape index (κ3) is 7.57. The zero-order valence-corrected chi connectivity index (χ0v) is 22.3. The van der Waals surface area contributed by atoms with Crippen LogP contribution in [0.5, 0.6) is 0 Å². The minimum Gasteiger partial charge on any atom is -0.356 e. The smallest absolute Gasteiger partial charge is 0.239 e. The van der Waals surface area contributed by atoms with Gasteiger partial charge in [-0.2, -0.15) is 0 Å². The third-order valence-electron chi connectivity index (χ3n) is 6.14. The molecule has 0 aliphatic carbocycles. The molecular formula is C22H39IN6OS. The Kier molecular flexibility index (Phi) is 11.6. The van der Waals surface area contributed by atoms with Crippen LogP contribution in [0.15, 0.2) is 22.5 Å². The maximum absolute atomic E-state index is 12.3. The number of nitrogens with zero attached hydrogens (tertiary/aromatic N) is 4. The second kappa shape index (κ2) is 13.6. The molecule has 176 valence electrons. The number of likely N-dealkylation sites (tertiary alicyclic amines) is 2. The van der Waals surface area contributed by atoms with Crippen molar-refractivity contribution in [1.29, 1.82) is 0 Å². The fourth-order valence-electron chi connectivity index (χ4n) is 4.52. The highest BCUT2D eigenvalue weighted by atomic mass is 127. The van der Waals surface area contributed by atoms with Gasteiger partial charge in [-0.1, -0.05) is 6.07 Å². The molecule has 1 aromatic rings. The van der Waals surface area contributed by atoms with Gasteiger partial charge in [0.1, 0.15) is 0 Å². The van der Waals surface area contributed by atoms with E-state index in [1.54, 1.807) is 4.90 Å². The van der Waals surface area contributed by atoms with Crippen molar-refractivity contribution in [3.8, 4) is 0 Å². The van der Waals surface area contributed by atoms with E-state index in [9.17, 15) is 4.79 Å². The molecule has 7 nitrogen and oxygen atoms in total. The molecule has 2 fully saturated rings. The lowest BCUT2D eigenvalue weighted by Gasteiger charge is -2.28. The van der Waals surface area contributed by atoms with Crippen molar-refractivity contribution in [1.82, 2.24) is 25.3 Å². The van der Waals surface area contributed by atoms with Gasteiger partial charge >= 0.3 is 0 Å². The molecule has 2 aliphatic heterocycles. The Bertz CT molecular complexity index is 678. The largest absolute Gasteiger partial charge is 0.356 e. The average Bonchev–Trinajstić information content (AvgIpc) is 3.52. The second-order valence-corrected chi connectivity index (χ2v) is 9.41. The fraction of sp³-hybridized carbons (Fsp3) is 0.727. The first kappa shape index (κ1) is 26.3. The lowest BCUT2D eigenvalue weighted by atomic mass is 10.2. The number of aliphatic imine (C=N–C) groups is 1. The van der Waals surface area contributed by atoms with Gasteiger partial charge in [0.05, 0.1) is 12.1 Å². The predicted molar refractivity (Wildman–Crippen MR) is 141 cm³/mol. The van der Waals surface area contributed by atoms with Crippen LogP contribution in [0.4, 0.5) is 0 Å². The van der Waals surface area contributed by atoms with Crippen molar-refractivity contribution in [3.05, 3.63) is 22.4 Å². The summed E-state index contributed by atoms with van der Waals surface area (Å²) in [7, 11) is 5.53. The summed E-state index contributed by atoms with van der Waals surface area (Å²) in [5, 5.41) is 9.15. The molecule has 1 aromatic heterocycles. The molecule has 2 aliphatic rings. The molecule has 1 amide bonds. The van der Waals surface area contributed by atoms with Crippen molar-refractivity contribution >= 4 is 47.2 Å². The minimum atomic E-state index is 0. The summed E-state index contributed by atoms with van der Waals surface area (Å²) in [6.07, 6.45) is 5.68. The van der Waals surface area contributed by atoms with E-state index in [1.165, 1.54) is 30.8 Å². The highest BCUT2D eigenvalue weighted by molar-refractivity contribution is 14.0. The van der Waals surface area contributed by atoms with Crippen LogP contribution < -0.4 is 10.6 Å². The summed E-state index contributed by atoms with van der Waals surface area (Å²) in [4.78, 5) is 24.8. The van der Waals surface area contributed by atoms with Crippen molar-refractivity contribution < 1.29 is 4.79 Å². The Hall–Kier alpha value is -0.910. The molecule has 2 N–H and O–H groups in total. The zero-order valence-electron chi connectivity index (χ0n) is 19.2. The number of thiophene rings is 1. The van der Waals surface area contributed by atoms with Crippen molar-refractivity contribution in [2.45, 2.75) is 44.2 Å². The average molecular weight is 563 g/mol. The number of likely N-dealkylation sites (N-methyl/N-ethyl adjacent to an activating group) is 1. The van der Waals surface area contributed by atoms with Crippen LogP contribution >= 0.6 is 35.3 Å². The maximum atomic E-state index is 12.3. The number of hydrogen-bond acceptors (Lipinski definition) is 5. The summed E-state index contributed by atoms with van der Waals surface area (Å²) >= 11 is 1.84. The van der Waals surface area contributed by atoms with Crippen LogP contribution in [-0.2, 0) is 4.79 Å². The van der Waals surface area contributed by atoms with E-state index in [0.717, 1.165) is 51.4 Å². The molecule has 0 bridgehead atoms. The molecular weight excluding hydrogens is 523 g/mol.